The highest BCUT2D eigenvalue weighted by molar-refractivity contribution is 7.98. The number of nitrogen functional groups attached to an aromatic ring is 1. The Morgan fingerprint density at radius 2 is 2.13 bits per heavy atom. The minimum atomic E-state index is -1.21. The van der Waals surface area contributed by atoms with Gasteiger partial charge in [-0.3, -0.25) is 4.79 Å². The molecule has 0 saturated heterocycles. The first-order valence-electron chi connectivity index (χ1n) is 3.82. The Kier molecular flexibility index (Phi) is 3.20. The maximum Gasteiger partial charge on any atom is 0.342 e. The highest BCUT2D eigenvalue weighted by Crippen LogP contribution is 2.24. The minimum absolute atomic E-state index is 0.144. The lowest BCUT2D eigenvalue weighted by molar-refractivity contribution is -0.137. The Bertz CT molecular complexity index is 415. The molecule has 0 aliphatic carbocycles. The van der Waals surface area contributed by atoms with E-state index >= 15 is 0 Å². The predicted octanol–water partition coefficient (Wildman–Crippen LogP) is -0.0300. The second-order valence-corrected chi connectivity index (χ2v) is 3.42. The molecule has 0 aromatic carbocycles. The van der Waals surface area contributed by atoms with Gasteiger partial charge in [-0.15, -0.1) is 11.8 Å². The zero-order valence-electron chi connectivity index (χ0n) is 7.80. The number of carbonyl (C=O) groups is 2. The fraction of sp³-hybridized carbons (Fsp3) is 0.286. The van der Waals surface area contributed by atoms with Gasteiger partial charge < -0.3 is 15.9 Å². The van der Waals surface area contributed by atoms with Gasteiger partial charge in [0.25, 0.3) is 0 Å². The predicted molar refractivity (Wildman–Crippen MR) is 53.0 cm³/mol. The van der Waals surface area contributed by atoms with Crippen molar-refractivity contribution in [3.05, 3.63) is 5.56 Å². The van der Waals surface area contributed by atoms with Gasteiger partial charge >= 0.3 is 11.9 Å². The van der Waals surface area contributed by atoms with Crippen LogP contribution in [0, 0.1) is 0 Å². The van der Waals surface area contributed by atoms with Crippen LogP contribution in [0.4, 0.5) is 5.82 Å². The summed E-state index contributed by atoms with van der Waals surface area (Å²) in [6.45, 7) is -0.452. The molecule has 8 heteroatoms. The summed E-state index contributed by atoms with van der Waals surface area (Å²) in [5.41, 5.74) is 5.32. The molecule has 82 valence electrons. The van der Waals surface area contributed by atoms with Gasteiger partial charge in [-0.1, -0.05) is 0 Å². The fourth-order valence-electron chi connectivity index (χ4n) is 1.04. The molecule has 1 aromatic heterocycles. The van der Waals surface area contributed by atoms with Crippen molar-refractivity contribution >= 4 is 29.5 Å². The Balaban J connectivity index is 3.21. The molecule has 7 nitrogen and oxygen atoms in total. The third kappa shape index (κ3) is 2.21. The lowest BCUT2D eigenvalue weighted by Gasteiger charge is -1.98. The van der Waals surface area contributed by atoms with E-state index in [1.54, 1.807) is 6.26 Å². The third-order valence-electron chi connectivity index (χ3n) is 1.65. The summed E-state index contributed by atoms with van der Waals surface area (Å²) in [7, 11) is 0. The maximum absolute atomic E-state index is 10.8. The number of nitrogens with zero attached hydrogens (tertiary/aromatic N) is 2. The number of rotatable bonds is 4. The van der Waals surface area contributed by atoms with E-state index in [-0.39, 0.29) is 16.4 Å². The van der Waals surface area contributed by atoms with Gasteiger partial charge in [0.15, 0.2) is 0 Å². The van der Waals surface area contributed by atoms with Crippen LogP contribution < -0.4 is 5.73 Å². The molecule has 0 radical (unpaired) electrons. The number of hydrogen-bond acceptors (Lipinski definition) is 5. The van der Waals surface area contributed by atoms with Crippen molar-refractivity contribution in [2.75, 3.05) is 12.0 Å². The molecule has 1 heterocycles. The van der Waals surface area contributed by atoms with Crippen molar-refractivity contribution in [2.24, 2.45) is 0 Å². The Morgan fingerprint density at radius 3 is 2.47 bits per heavy atom. The number of nitrogens with two attached hydrogens (primary N) is 1. The molecule has 4 N–H and O–H groups in total. The molecule has 0 fully saturated rings. The summed E-state index contributed by atoms with van der Waals surface area (Å²) >= 11 is 1.10. The Morgan fingerprint density at radius 1 is 1.53 bits per heavy atom. The molecular weight excluding hydrogens is 222 g/mol. The molecule has 15 heavy (non-hydrogen) atoms. The number of thioether (sulfide) groups is 1. The van der Waals surface area contributed by atoms with Crippen LogP contribution >= 0.6 is 11.8 Å². The van der Waals surface area contributed by atoms with Crippen molar-refractivity contribution in [1.82, 2.24) is 9.78 Å². The van der Waals surface area contributed by atoms with Crippen molar-refractivity contribution in [3.8, 4) is 0 Å². The van der Waals surface area contributed by atoms with Gasteiger partial charge in [-0.25, -0.2) is 9.48 Å². The molecule has 1 aromatic rings. The standard InChI is InChI=1S/C7H9N3O4S/c1-15-6-4(7(13)14)5(8)10(9-6)2-3(11)12/h2,8H2,1H3,(H,11,12)(H,13,14). The van der Waals surface area contributed by atoms with Crippen LogP contribution in [0.15, 0.2) is 5.03 Å². The lowest BCUT2D eigenvalue weighted by atomic mass is 10.3. The highest BCUT2D eigenvalue weighted by atomic mass is 32.2. The first-order chi connectivity index (χ1) is 6.97. The van der Waals surface area contributed by atoms with Crippen LogP contribution in [0.3, 0.4) is 0 Å². The van der Waals surface area contributed by atoms with E-state index in [0.717, 1.165) is 16.4 Å². The molecular formula is C7H9N3O4S. The van der Waals surface area contributed by atoms with Gasteiger partial charge in [0, 0.05) is 0 Å². The third-order valence-corrected chi connectivity index (χ3v) is 2.32. The van der Waals surface area contributed by atoms with Crippen molar-refractivity contribution < 1.29 is 19.8 Å². The number of aliphatic carboxylic acids is 1. The first kappa shape index (κ1) is 11.4. The molecule has 0 saturated carbocycles. The molecule has 0 atom stereocenters. The van der Waals surface area contributed by atoms with E-state index in [4.69, 9.17) is 15.9 Å². The number of carboxylic acids is 2. The molecule has 0 bridgehead atoms. The van der Waals surface area contributed by atoms with E-state index < -0.39 is 18.5 Å². The van der Waals surface area contributed by atoms with E-state index in [1.807, 2.05) is 0 Å². The van der Waals surface area contributed by atoms with Crippen molar-refractivity contribution in [1.29, 1.82) is 0 Å². The van der Waals surface area contributed by atoms with Crippen molar-refractivity contribution in [3.63, 3.8) is 0 Å². The van der Waals surface area contributed by atoms with Crippen LogP contribution in [0.1, 0.15) is 10.4 Å². The van der Waals surface area contributed by atoms with E-state index in [2.05, 4.69) is 5.10 Å². The van der Waals surface area contributed by atoms with Gasteiger partial charge in [0.2, 0.25) is 0 Å². The smallest absolute Gasteiger partial charge is 0.342 e. The SMILES string of the molecule is CSc1nn(CC(=O)O)c(N)c1C(=O)O. The van der Waals surface area contributed by atoms with Gasteiger partial charge in [-0.2, -0.15) is 5.10 Å². The summed E-state index contributed by atoms with van der Waals surface area (Å²) < 4.78 is 0.956. The molecule has 0 aliphatic rings. The average Bonchev–Trinajstić information content (AvgIpc) is 2.42. The van der Waals surface area contributed by atoms with Crippen LogP contribution in [0.5, 0.6) is 0 Å². The maximum atomic E-state index is 10.8. The molecule has 0 aliphatic heterocycles. The van der Waals surface area contributed by atoms with E-state index in [9.17, 15) is 9.59 Å². The number of aromatic carboxylic acids is 1. The summed E-state index contributed by atoms with van der Waals surface area (Å²) in [4.78, 5) is 21.2. The summed E-state index contributed by atoms with van der Waals surface area (Å²) in [5, 5.41) is 21.4. The normalized spacial score (nSPS) is 10.2. The molecule has 0 spiro atoms. The lowest BCUT2D eigenvalue weighted by Crippen LogP contribution is -2.13. The zero-order valence-corrected chi connectivity index (χ0v) is 8.61. The molecule has 1 rings (SSSR count). The number of aromatic nitrogens is 2. The van der Waals surface area contributed by atoms with Gasteiger partial charge in [-0.05, 0) is 6.26 Å². The Hall–Kier alpha value is -1.70. The summed E-state index contributed by atoms with van der Waals surface area (Å²) in [6, 6.07) is 0. The minimum Gasteiger partial charge on any atom is -0.480 e. The summed E-state index contributed by atoms with van der Waals surface area (Å²) in [6.07, 6.45) is 1.64. The quantitative estimate of drug-likeness (QED) is 0.622. The fourth-order valence-corrected chi connectivity index (χ4v) is 1.62. The van der Waals surface area contributed by atoms with Gasteiger partial charge in [0.1, 0.15) is 23.0 Å². The number of anilines is 1. The van der Waals surface area contributed by atoms with E-state index in [0.29, 0.717) is 0 Å². The number of hydrogen-bond donors (Lipinski definition) is 3. The van der Waals surface area contributed by atoms with Crippen LogP contribution in [0.25, 0.3) is 0 Å². The average molecular weight is 231 g/mol. The molecule has 0 unspecified atom stereocenters. The van der Waals surface area contributed by atoms with Gasteiger partial charge in [0.05, 0.1) is 0 Å². The molecule has 0 amide bonds. The van der Waals surface area contributed by atoms with Crippen LogP contribution in [0.2, 0.25) is 0 Å². The first-order valence-corrected chi connectivity index (χ1v) is 5.05. The Labute approximate surface area is 88.9 Å². The number of carboxylic acid groups (broad SMARTS) is 2. The van der Waals surface area contributed by atoms with Crippen molar-refractivity contribution in [2.45, 2.75) is 11.6 Å². The summed E-state index contributed by atoms with van der Waals surface area (Å²) in [5.74, 6) is -2.49. The second-order valence-electron chi connectivity index (χ2n) is 2.63. The second kappa shape index (κ2) is 4.22. The topological polar surface area (TPSA) is 118 Å². The largest absolute Gasteiger partial charge is 0.480 e. The highest BCUT2D eigenvalue weighted by Gasteiger charge is 2.21. The van der Waals surface area contributed by atoms with Crippen LogP contribution in [-0.4, -0.2) is 38.2 Å². The van der Waals surface area contributed by atoms with E-state index in [1.165, 1.54) is 0 Å². The van der Waals surface area contributed by atoms with Crippen LogP contribution in [-0.2, 0) is 11.3 Å². The zero-order chi connectivity index (χ0) is 11.6. The monoisotopic (exact) mass is 231 g/mol.